The molecule has 1 aromatic rings. The fourth-order valence-electron chi connectivity index (χ4n) is 2.57. The number of sulfonamides is 1. The number of ether oxygens (including phenoxy) is 1. The van der Waals surface area contributed by atoms with Crippen molar-refractivity contribution < 1.29 is 13.2 Å². The number of nitrogens with zero attached hydrogens (tertiary/aromatic N) is 2. The molecule has 0 saturated carbocycles. The first-order chi connectivity index (χ1) is 10.0. The van der Waals surface area contributed by atoms with Crippen LogP contribution in [0.15, 0.2) is 29.2 Å². The Labute approximate surface area is 125 Å². The summed E-state index contributed by atoms with van der Waals surface area (Å²) < 4.78 is 32.2. The van der Waals surface area contributed by atoms with Crippen LogP contribution in [0.3, 0.4) is 0 Å². The highest BCUT2D eigenvalue weighted by atomic mass is 32.2. The lowest BCUT2D eigenvalue weighted by Crippen LogP contribution is -2.51. The highest BCUT2D eigenvalue weighted by molar-refractivity contribution is 7.89. The van der Waals surface area contributed by atoms with Gasteiger partial charge in [0, 0.05) is 26.2 Å². The van der Waals surface area contributed by atoms with Crippen molar-refractivity contribution in [1.29, 1.82) is 5.26 Å². The molecule has 1 heterocycles. The van der Waals surface area contributed by atoms with Crippen molar-refractivity contribution in [3.63, 3.8) is 0 Å². The molecule has 1 saturated heterocycles. The van der Waals surface area contributed by atoms with Crippen LogP contribution in [0.2, 0.25) is 0 Å². The molecule has 21 heavy (non-hydrogen) atoms. The van der Waals surface area contributed by atoms with Crippen LogP contribution in [0.4, 0.5) is 0 Å². The van der Waals surface area contributed by atoms with Crippen LogP contribution in [0.25, 0.3) is 0 Å². The number of hydrogen-bond acceptors (Lipinski definition) is 5. The second-order valence-corrected chi connectivity index (χ2v) is 6.91. The van der Waals surface area contributed by atoms with Gasteiger partial charge in [-0.1, -0.05) is 0 Å². The predicted octanol–water partition coefficient (Wildman–Crippen LogP) is 0.685. The Morgan fingerprint density at radius 3 is 2.62 bits per heavy atom. The van der Waals surface area contributed by atoms with E-state index in [1.807, 2.05) is 6.07 Å². The van der Waals surface area contributed by atoms with Crippen LogP contribution in [-0.4, -0.2) is 45.1 Å². The average molecular weight is 309 g/mol. The summed E-state index contributed by atoms with van der Waals surface area (Å²) in [6, 6.07) is 7.65. The van der Waals surface area contributed by atoms with Gasteiger partial charge in [-0.25, -0.2) is 8.42 Å². The number of nitrogens with two attached hydrogens (primary N) is 1. The number of methoxy groups -OCH3 is 1. The first-order valence-electron chi connectivity index (χ1n) is 6.77. The van der Waals surface area contributed by atoms with Crippen molar-refractivity contribution in [3.8, 4) is 6.07 Å². The second kappa shape index (κ2) is 6.54. The molecule has 2 N–H and O–H groups in total. The van der Waals surface area contributed by atoms with Gasteiger partial charge in [0.25, 0.3) is 0 Å². The summed E-state index contributed by atoms with van der Waals surface area (Å²) in [4.78, 5) is 0.191. The summed E-state index contributed by atoms with van der Waals surface area (Å²) in [6.45, 7) is 0.651. The first kappa shape index (κ1) is 15.9. The molecule has 7 heteroatoms. The van der Waals surface area contributed by atoms with Crippen LogP contribution in [0.1, 0.15) is 18.4 Å². The normalized spacial score (nSPS) is 23.7. The molecule has 0 spiro atoms. The molecule has 1 fully saturated rings. The van der Waals surface area contributed by atoms with E-state index in [1.54, 1.807) is 7.11 Å². The molecule has 114 valence electrons. The van der Waals surface area contributed by atoms with Gasteiger partial charge in [-0.2, -0.15) is 9.57 Å². The molecular weight excluding hydrogens is 290 g/mol. The topological polar surface area (TPSA) is 96.4 Å². The molecular formula is C14H19N3O3S. The SMILES string of the molecule is COC1CCN(S(=O)(=O)c2ccc(C#N)cc2)C(CN)C1. The predicted molar refractivity (Wildman–Crippen MR) is 77.9 cm³/mol. The standard InChI is InChI=1S/C14H19N3O3S/c1-20-13-6-7-17(12(8-13)10-16)21(18,19)14-4-2-11(9-15)3-5-14/h2-5,12-13H,6-8,10,16H2,1H3. The summed E-state index contributed by atoms with van der Waals surface area (Å²) >= 11 is 0. The lowest BCUT2D eigenvalue weighted by molar-refractivity contribution is 0.0401. The molecule has 2 atom stereocenters. The third-order valence-corrected chi connectivity index (χ3v) is 5.78. The fraction of sp³-hybridized carbons (Fsp3) is 0.500. The van der Waals surface area contributed by atoms with Crippen LogP contribution in [0.5, 0.6) is 0 Å². The van der Waals surface area contributed by atoms with Crippen LogP contribution < -0.4 is 5.73 Å². The van der Waals surface area contributed by atoms with Gasteiger partial charge in [-0.05, 0) is 37.1 Å². The summed E-state index contributed by atoms with van der Waals surface area (Å²) in [5, 5.41) is 8.78. The van der Waals surface area contributed by atoms with Crippen molar-refractivity contribution in [2.75, 3.05) is 20.2 Å². The van der Waals surface area contributed by atoms with Gasteiger partial charge in [-0.15, -0.1) is 0 Å². The summed E-state index contributed by atoms with van der Waals surface area (Å²) in [5.74, 6) is 0. The number of nitriles is 1. The molecule has 1 aliphatic heterocycles. The minimum Gasteiger partial charge on any atom is -0.381 e. The third-order valence-electron chi connectivity index (χ3n) is 3.81. The van der Waals surface area contributed by atoms with E-state index in [9.17, 15) is 8.42 Å². The minimum atomic E-state index is -3.59. The molecule has 2 rings (SSSR count). The highest BCUT2D eigenvalue weighted by Gasteiger charge is 2.36. The van der Waals surface area contributed by atoms with Gasteiger partial charge < -0.3 is 10.5 Å². The van der Waals surface area contributed by atoms with Crippen molar-refractivity contribution in [2.45, 2.75) is 29.9 Å². The maximum absolute atomic E-state index is 12.7. The Hall–Kier alpha value is -1.46. The van der Waals surface area contributed by atoms with E-state index in [-0.39, 0.29) is 23.6 Å². The van der Waals surface area contributed by atoms with Crippen molar-refractivity contribution in [1.82, 2.24) is 4.31 Å². The van der Waals surface area contributed by atoms with Crippen molar-refractivity contribution in [2.24, 2.45) is 5.73 Å². The van der Waals surface area contributed by atoms with Gasteiger partial charge in [0.05, 0.1) is 22.6 Å². The smallest absolute Gasteiger partial charge is 0.243 e. The average Bonchev–Trinajstić information content (AvgIpc) is 2.54. The molecule has 0 aromatic heterocycles. The van der Waals surface area contributed by atoms with E-state index < -0.39 is 10.0 Å². The van der Waals surface area contributed by atoms with E-state index in [4.69, 9.17) is 15.7 Å². The molecule has 1 aromatic carbocycles. The fourth-order valence-corrected chi connectivity index (χ4v) is 4.24. The zero-order chi connectivity index (χ0) is 15.5. The maximum atomic E-state index is 12.7. The van der Waals surface area contributed by atoms with Gasteiger partial charge >= 0.3 is 0 Å². The molecule has 1 aliphatic rings. The Balaban J connectivity index is 2.27. The second-order valence-electron chi connectivity index (χ2n) is 5.02. The van der Waals surface area contributed by atoms with Crippen molar-refractivity contribution >= 4 is 10.0 Å². The Kier molecular flexibility index (Phi) is 4.96. The van der Waals surface area contributed by atoms with Gasteiger partial charge in [0.15, 0.2) is 0 Å². The van der Waals surface area contributed by atoms with E-state index >= 15 is 0 Å². The molecule has 0 bridgehead atoms. The molecule has 6 nitrogen and oxygen atoms in total. The Bertz CT molecular complexity index is 622. The number of hydrogen-bond donors (Lipinski definition) is 1. The molecule has 2 unspecified atom stereocenters. The minimum absolute atomic E-state index is 0.0472. The van der Waals surface area contributed by atoms with Crippen LogP contribution in [-0.2, 0) is 14.8 Å². The summed E-state index contributed by atoms with van der Waals surface area (Å²) in [6.07, 6.45) is 1.30. The monoisotopic (exact) mass is 309 g/mol. The summed E-state index contributed by atoms with van der Waals surface area (Å²) in [5.41, 5.74) is 6.16. The third kappa shape index (κ3) is 3.24. The van der Waals surface area contributed by atoms with Gasteiger partial charge in [-0.3, -0.25) is 0 Å². The highest BCUT2D eigenvalue weighted by Crippen LogP contribution is 2.26. The zero-order valence-corrected chi connectivity index (χ0v) is 12.7. The quantitative estimate of drug-likeness (QED) is 0.882. The zero-order valence-electron chi connectivity index (χ0n) is 11.9. The number of rotatable bonds is 4. The number of piperidine rings is 1. The number of benzene rings is 1. The van der Waals surface area contributed by atoms with Gasteiger partial charge in [0.2, 0.25) is 10.0 Å². The van der Waals surface area contributed by atoms with E-state index in [1.165, 1.54) is 28.6 Å². The van der Waals surface area contributed by atoms with E-state index in [0.717, 1.165) is 0 Å². The van der Waals surface area contributed by atoms with E-state index in [0.29, 0.717) is 24.9 Å². The maximum Gasteiger partial charge on any atom is 0.243 e. The van der Waals surface area contributed by atoms with Crippen molar-refractivity contribution in [3.05, 3.63) is 29.8 Å². The van der Waals surface area contributed by atoms with E-state index in [2.05, 4.69) is 0 Å². The lowest BCUT2D eigenvalue weighted by atomic mass is 10.0. The largest absolute Gasteiger partial charge is 0.381 e. The van der Waals surface area contributed by atoms with Gasteiger partial charge in [0.1, 0.15) is 0 Å². The first-order valence-corrected chi connectivity index (χ1v) is 8.21. The molecule has 0 amide bonds. The summed E-state index contributed by atoms with van der Waals surface area (Å²) in [7, 11) is -1.96. The Morgan fingerprint density at radius 1 is 1.43 bits per heavy atom. The molecule has 0 radical (unpaired) electrons. The van der Waals surface area contributed by atoms with Crippen LogP contribution in [0, 0.1) is 11.3 Å². The lowest BCUT2D eigenvalue weighted by Gasteiger charge is -2.37. The molecule has 0 aliphatic carbocycles. The Morgan fingerprint density at radius 2 is 2.10 bits per heavy atom. The van der Waals surface area contributed by atoms with Crippen LogP contribution >= 0.6 is 0 Å².